The van der Waals surface area contributed by atoms with Crippen molar-refractivity contribution in [3.8, 4) is 34.3 Å². The van der Waals surface area contributed by atoms with Crippen molar-refractivity contribution in [1.29, 1.82) is 0 Å². The maximum Gasteiger partial charge on any atom is 0.256 e. The van der Waals surface area contributed by atoms with Gasteiger partial charge in [-0.15, -0.1) is 0 Å². The van der Waals surface area contributed by atoms with Gasteiger partial charge in [0.2, 0.25) is 0 Å². The second-order valence-corrected chi connectivity index (χ2v) is 8.36. The molecule has 3 heterocycles. The number of hydrogen-bond acceptors (Lipinski definition) is 7. The molecule has 2 aromatic heterocycles. The van der Waals surface area contributed by atoms with Gasteiger partial charge in [-0.05, 0) is 50.2 Å². The van der Waals surface area contributed by atoms with E-state index in [1.54, 1.807) is 44.7 Å². The molecule has 1 N–H and O–H groups in total. The summed E-state index contributed by atoms with van der Waals surface area (Å²) in [6.07, 6.45) is 1.68. The molecule has 5 rings (SSSR count). The number of amides is 1. The van der Waals surface area contributed by atoms with Gasteiger partial charge in [0, 0.05) is 23.4 Å². The lowest BCUT2D eigenvalue weighted by atomic mass is 10.1. The standard InChI is InChI=1S/C26H26N4O5/c1-15(2)30-25-19(14-27-30)18(26(31)28-17-6-8-21(32-3)23(12-17)33-4)13-20(29-25)16-5-7-22-24(11-16)35-10-9-34-22/h5-8,11-15H,9-10H2,1-4H3,(H,28,31). The highest BCUT2D eigenvalue weighted by Gasteiger charge is 2.20. The Morgan fingerprint density at radius 2 is 1.77 bits per heavy atom. The van der Waals surface area contributed by atoms with Gasteiger partial charge in [-0.2, -0.15) is 5.10 Å². The molecule has 0 aliphatic carbocycles. The third-order valence-corrected chi connectivity index (χ3v) is 5.78. The molecular weight excluding hydrogens is 448 g/mol. The Labute approximate surface area is 202 Å². The van der Waals surface area contributed by atoms with Crippen LogP contribution in [-0.2, 0) is 0 Å². The highest BCUT2D eigenvalue weighted by atomic mass is 16.6. The molecule has 0 atom stereocenters. The van der Waals surface area contributed by atoms with Crippen molar-refractivity contribution in [1.82, 2.24) is 14.8 Å². The van der Waals surface area contributed by atoms with Gasteiger partial charge in [-0.25, -0.2) is 9.67 Å². The van der Waals surface area contributed by atoms with Gasteiger partial charge in [0.25, 0.3) is 5.91 Å². The number of ether oxygens (including phenoxy) is 4. The van der Waals surface area contributed by atoms with Crippen molar-refractivity contribution >= 4 is 22.6 Å². The number of nitrogens with one attached hydrogen (secondary N) is 1. The highest BCUT2D eigenvalue weighted by molar-refractivity contribution is 6.12. The quantitative estimate of drug-likeness (QED) is 0.432. The van der Waals surface area contributed by atoms with E-state index in [0.717, 1.165) is 5.56 Å². The van der Waals surface area contributed by atoms with E-state index in [9.17, 15) is 4.79 Å². The largest absolute Gasteiger partial charge is 0.493 e. The third-order valence-electron chi connectivity index (χ3n) is 5.78. The minimum absolute atomic E-state index is 0.0669. The first-order valence-corrected chi connectivity index (χ1v) is 11.3. The van der Waals surface area contributed by atoms with Crippen LogP contribution in [0.3, 0.4) is 0 Å². The van der Waals surface area contributed by atoms with E-state index in [4.69, 9.17) is 23.9 Å². The van der Waals surface area contributed by atoms with Crippen LogP contribution in [0.5, 0.6) is 23.0 Å². The van der Waals surface area contributed by atoms with Gasteiger partial charge in [-0.1, -0.05) is 0 Å². The topological polar surface area (TPSA) is 96.7 Å². The number of benzene rings is 2. The van der Waals surface area contributed by atoms with Crippen molar-refractivity contribution < 1.29 is 23.7 Å². The van der Waals surface area contributed by atoms with Crippen LogP contribution in [0.1, 0.15) is 30.2 Å². The van der Waals surface area contributed by atoms with Crippen molar-refractivity contribution in [2.24, 2.45) is 0 Å². The monoisotopic (exact) mass is 474 g/mol. The summed E-state index contributed by atoms with van der Waals surface area (Å²) >= 11 is 0. The van der Waals surface area contributed by atoms with Gasteiger partial charge in [0.1, 0.15) is 13.2 Å². The third kappa shape index (κ3) is 4.21. The normalized spacial score (nSPS) is 12.6. The average molecular weight is 475 g/mol. The van der Waals surface area contributed by atoms with Crippen LogP contribution in [0, 0.1) is 0 Å². The molecule has 9 nitrogen and oxygen atoms in total. The Kier molecular flexibility index (Phi) is 5.90. The molecule has 0 unspecified atom stereocenters. The number of aromatic nitrogens is 3. The highest BCUT2D eigenvalue weighted by Crippen LogP contribution is 2.36. The Morgan fingerprint density at radius 3 is 2.51 bits per heavy atom. The Balaban J connectivity index is 1.59. The van der Waals surface area contributed by atoms with Crippen molar-refractivity contribution in [3.05, 3.63) is 54.2 Å². The van der Waals surface area contributed by atoms with Gasteiger partial charge in [0.15, 0.2) is 28.6 Å². The van der Waals surface area contributed by atoms with Crippen LogP contribution in [-0.4, -0.2) is 48.1 Å². The van der Waals surface area contributed by atoms with Crippen LogP contribution >= 0.6 is 0 Å². The summed E-state index contributed by atoms with van der Waals surface area (Å²) in [6, 6.07) is 12.7. The maximum absolute atomic E-state index is 13.5. The van der Waals surface area contributed by atoms with E-state index in [0.29, 0.717) is 64.2 Å². The number of carbonyl (C=O) groups excluding carboxylic acids is 1. The lowest BCUT2D eigenvalue weighted by Crippen LogP contribution is -2.15. The SMILES string of the molecule is COc1ccc(NC(=O)c2cc(-c3ccc4c(c3)OCCO4)nc3c2cnn3C(C)C)cc1OC. The van der Waals surface area contributed by atoms with Gasteiger partial charge < -0.3 is 24.3 Å². The van der Waals surface area contributed by atoms with E-state index in [-0.39, 0.29) is 11.9 Å². The molecule has 180 valence electrons. The first-order chi connectivity index (χ1) is 17.0. The molecule has 0 radical (unpaired) electrons. The fourth-order valence-electron chi connectivity index (χ4n) is 4.05. The zero-order valence-corrected chi connectivity index (χ0v) is 20.0. The molecule has 1 amide bonds. The zero-order chi connectivity index (χ0) is 24.5. The van der Waals surface area contributed by atoms with E-state index in [2.05, 4.69) is 10.4 Å². The van der Waals surface area contributed by atoms with Crippen molar-refractivity contribution in [2.45, 2.75) is 19.9 Å². The molecule has 0 saturated carbocycles. The fourth-order valence-corrected chi connectivity index (χ4v) is 4.05. The fraction of sp³-hybridized carbons (Fsp3) is 0.269. The summed E-state index contributed by atoms with van der Waals surface area (Å²) in [5, 5.41) is 8.12. The number of methoxy groups -OCH3 is 2. The average Bonchev–Trinajstić information content (AvgIpc) is 3.32. The van der Waals surface area contributed by atoms with Crippen LogP contribution in [0.25, 0.3) is 22.3 Å². The predicted molar refractivity (Wildman–Crippen MR) is 132 cm³/mol. The Hall–Kier alpha value is -4.27. The summed E-state index contributed by atoms with van der Waals surface area (Å²) in [6.45, 7) is 5.05. The molecule has 0 bridgehead atoms. The molecule has 9 heteroatoms. The lowest BCUT2D eigenvalue weighted by molar-refractivity contribution is 0.102. The molecule has 0 saturated heterocycles. The van der Waals surface area contributed by atoms with Gasteiger partial charge in [-0.3, -0.25) is 4.79 Å². The molecule has 0 spiro atoms. The van der Waals surface area contributed by atoms with E-state index < -0.39 is 0 Å². The first-order valence-electron chi connectivity index (χ1n) is 11.3. The molecule has 1 aliphatic heterocycles. The second-order valence-electron chi connectivity index (χ2n) is 8.36. The number of carbonyl (C=O) groups is 1. The lowest BCUT2D eigenvalue weighted by Gasteiger charge is -2.19. The molecule has 4 aromatic rings. The van der Waals surface area contributed by atoms with Crippen LogP contribution in [0.15, 0.2) is 48.7 Å². The van der Waals surface area contributed by atoms with Crippen molar-refractivity contribution in [3.63, 3.8) is 0 Å². The number of anilines is 1. The molecule has 0 fully saturated rings. The summed E-state index contributed by atoms with van der Waals surface area (Å²) in [4.78, 5) is 18.3. The molecule has 2 aromatic carbocycles. The molecule has 1 aliphatic rings. The minimum Gasteiger partial charge on any atom is -0.493 e. The number of nitrogens with zero attached hydrogens (tertiary/aromatic N) is 3. The van der Waals surface area contributed by atoms with Gasteiger partial charge >= 0.3 is 0 Å². The summed E-state index contributed by atoms with van der Waals surface area (Å²) in [7, 11) is 3.12. The van der Waals surface area contributed by atoms with Crippen LogP contribution in [0.2, 0.25) is 0 Å². The van der Waals surface area contributed by atoms with Crippen LogP contribution in [0.4, 0.5) is 5.69 Å². The number of pyridine rings is 1. The predicted octanol–water partition coefficient (Wildman–Crippen LogP) is 4.72. The smallest absolute Gasteiger partial charge is 0.256 e. The minimum atomic E-state index is -0.285. The maximum atomic E-state index is 13.5. The number of fused-ring (bicyclic) bond motifs is 2. The molecule has 35 heavy (non-hydrogen) atoms. The summed E-state index contributed by atoms with van der Waals surface area (Å²) in [5.41, 5.74) is 3.11. The summed E-state index contributed by atoms with van der Waals surface area (Å²) in [5.74, 6) is 2.17. The van der Waals surface area contributed by atoms with Gasteiger partial charge in [0.05, 0.1) is 37.1 Å². The van der Waals surface area contributed by atoms with E-state index >= 15 is 0 Å². The summed E-state index contributed by atoms with van der Waals surface area (Å²) < 4.78 is 23.9. The number of rotatable bonds is 6. The van der Waals surface area contributed by atoms with E-state index in [1.165, 1.54) is 0 Å². The zero-order valence-electron chi connectivity index (χ0n) is 20.0. The first kappa shape index (κ1) is 22.5. The van der Waals surface area contributed by atoms with Crippen LogP contribution < -0.4 is 24.3 Å². The Bertz CT molecular complexity index is 1410. The second kappa shape index (κ2) is 9.17. The van der Waals surface area contributed by atoms with E-state index in [1.807, 2.05) is 36.7 Å². The van der Waals surface area contributed by atoms with Crippen molar-refractivity contribution in [2.75, 3.05) is 32.8 Å². The number of hydrogen-bond donors (Lipinski definition) is 1. The molecular formula is C26H26N4O5. The Morgan fingerprint density at radius 1 is 1.00 bits per heavy atom.